The van der Waals surface area contributed by atoms with E-state index in [-0.39, 0.29) is 23.5 Å². The number of aromatic nitrogens is 4. The first-order chi connectivity index (χ1) is 17.2. The van der Waals surface area contributed by atoms with Gasteiger partial charge in [-0.1, -0.05) is 26.7 Å². The van der Waals surface area contributed by atoms with Gasteiger partial charge in [0.15, 0.2) is 5.82 Å². The third-order valence-corrected chi connectivity index (χ3v) is 8.17. The van der Waals surface area contributed by atoms with Crippen LogP contribution in [-0.2, 0) is 0 Å². The molecule has 2 unspecified atom stereocenters. The lowest BCUT2D eigenvalue weighted by Crippen LogP contribution is -2.58. The van der Waals surface area contributed by atoms with Gasteiger partial charge in [0.2, 0.25) is 0 Å². The summed E-state index contributed by atoms with van der Waals surface area (Å²) < 4.78 is 1.77. The van der Waals surface area contributed by atoms with Crippen molar-refractivity contribution in [2.45, 2.75) is 58.2 Å². The van der Waals surface area contributed by atoms with Crippen molar-refractivity contribution in [3.8, 4) is 11.4 Å². The third kappa shape index (κ3) is 5.22. The highest BCUT2D eigenvalue weighted by atomic mass is 32.1. The monoisotopic (exact) mass is 511 g/mol. The predicted molar refractivity (Wildman–Crippen MR) is 137 cm³/mol. The maximum Gasteiger partial charge on any atom is 0.407 e. The zero-order valence-electron chi connectivity index (χ0n) is 20.9. The molecule has 1 saturated carbocycles. The van der Waals surface area contributed by atoms with Crippen LogP contribution in [0.25, 0.3) is 16.2 Å². The summed E-state index contributed by atoms with van der Waals surface area (Å²) in [6, 6.07) is 1.49. The molecule has 0 spiro atoms. The number of carbonyl (C=O) groups is 2. The van der Waals surface area contributed by atoms with Crippen LogP contribution in [0.3, 0.4) is 0 Å². The number of nitrogens with zero attached hydrogens (tertiary/aromatic N) is 6. The Morgan fingerprint density at radius 2 is 2.11 bits per heavy atom. The van der Waals surface area contributed by atoms with Gasteiger partial charge in [-0.15, -0.1) is 11.3 Å². The number of carboxylic acid groups (broad SMARTS) is 1. The van der Waals surface area contributed by atoms with E-state index < -0.39 is 6.09 Å². The number of hydrogen-bond acceptors (Lipinski definition) is 7. The number of thiazole rings is 1. The lowest BCUT2D eigenvalue weighted by atomic mass is 9.86. The van der Waals surface area contributed by atoms with Crippen LogP contribution in [0.1, 0.15) is 56.4 Å². The molecule has 3 aromatic rings. The molecule has 3 aromatic heterocycles. The van der Waals surface area contributed by atoms with Gasteiger partial charge >= 0.3 is 6.09 Å². The van der Waals surface area contributed by atoms with Crippen molar-refractivity contribution in [2.24, 2.45) is 11.3 Å². The van der Waals surface area contributed by atoms with Crippen LogP contribution in [0.15, 0.2) is 30.0 Å². The second kappa shape index (κ2) is 9.78. The minimum absolute atomic E-state index is 0.0954. The summed E-state index contributed by atoms with van der Waals surface area (Å²) in [6.45, 7) is 5.71. The van der Waals surface area contributed by atoms with Crippen molar-refractivity contribution in [3.05, 3.63) is 35.7 Å². The zero-order chi connectivity index (χ0) is 25.4. The Morgan fingerprint density at radius 3 is 2.86 bits per heavy atom. The summed E-state index contributed by atoms with van der Waals surface area (Å²) in [6.07, 6.45) is 8.83. The van der Waals surface area contributed by atoms with Crippen LogP contribution in [-0.4, -0.2) is 78.8 Å². The smallest absolute Gasteiger partial charge is 0.407 e. The molecule has 0 aromatic carbocycles. The SMILES string of the molecule is CN(C(=O)O)C1CCN(C(=O)c2ccnc(-c3cnn4ccsc34)n2)C(NCC(C)(C)CC2CC2)C1. The van der Waals surface area contributed by atoms with Gasteiger partial charge in [-0.25, -0.2) is 19.3 Å². The number of hydrogen-bond donors (Lipinski definition) is 2. The standard InChI is InChI=1S/C25H33N7O3S/c1-25(2,13-16-4-5-16)15-27-20-12-17(30(3)24(34)35)7-9-31(20)22(33)19-6-8-26-21(29-19)18-14-28-32-10-11-36-23(18)32/h6,8,10-11,14,16-17,20,27H,4-5,7,9,12-13,15H2,1-3H3,(H,34,35). The van der Waals surface area contributed by atoms with Crippen molar-refractivity contribution in [2.75, 3.05) is 20.1 Å². The molecule has 5 rings (SSSR count). The Labute approximate surface area is 214 Å². The fourth-order valence-electron chi connectivity index (χ4n) is 5.10. The van der Waals surface area contributed by atoms with E-state index in [4.69, 9.17) is 0 Å². The Kier molecular flexibility index (Phi) is 6.69. The van der Waals surface area contributed by atoms with Gasteiger partial charge in [0.05, 0.1) is 17.9 Å². The summed E-state index contributed by atoms with van der Waals surface area (Å²) in [4.78, 5) is 38.4. The average molecular weight is 512 g/mol. The van der Waals surface area contributed by atoms with Gasteiger partial charge in [-0.3, -0.25) is 10.1 Å². The lowest BCUT2D eigenvalue weighted by Gasteiger charge is -2.43. The highest BCUT2D eigenvalue weighted by molar-refractivity contribution is 7.16. The summed E-state index contributed by atoms with van der Waals surface area (Å²) in [5, 5.41) is 19.4. The molecule has 0 radical (unpaired) electrons. The fourth-order valence-corrected chi connectivity index (χ4v) is 5.89. The average Bonchev–Trinajstić information content (AvgIpc) is 3.37. The quantitative estimate of drug-likeness (QED) is 0.472. The summed E-state index contributed by atoms with van der Waals surface area (Å²) in [7, 11) is 1.60. The Hall–Kier alpha value is -3.05. The van der Waals surface area contributed by atoms with Crippen molar-refractivity contribution >= 4 is 28.2 Å². The van der Waals surface area contributed by atoms with Crippen LogP contribution < -0.4 is 5.32 Å². The van der Waals surface area contributed by atoms with Crippen LogP contribution in [0, 0.1) is 11.3 Å². The largest absolute Gasteiger partial charge is 0.465 e. The first-order valence-electron chi connectivity index (χ1n) is 12.5. The Morgan fingerprint density at radius 1 is 1.31 bits per heavy atom. The molecule has 1 aliphatic heterocycles. The van der Waals surface area contributed by atoms with E-state index in [1.54, 1.807) is 41.4 Å². The molecular weight excluding hydrogens is 478 g/mol. The Bertz CT molecular complexity index is 1250. The Balaban J connectivity index is 1.36. The van der Waals surface area contributed by atoms with Crippen molar-refractivity contribution in [1.29, 1.82) is 0 Å². The van der Waals surface area contributed by atoms with E-state index in [0.717, 1.165) is 29.3 Å². The maximum atomic E-state index is 13.7. The van der Waals surface area contributed by atoms with Gasteiger partial charge in [-0.05, 0) is 30.2 Å². The minimum atomic E-state index is -0.950. The van der Waals surface area contributed by atoms with Crippen molar-refractivity contribution in [3.63, 3.8) is 0 Å². The molecule has 2 atom stereocenters. The zero-order valence-corrected chi connectivity index (χ0v) is 21.7. The second-order valence-electron chi connectivity index (χ2n) is 10.8. The maximum absolute atomic E-state index is 13.7. The summed E-state index contributed by atoms with van der Waals surface area (Å²) in [5.41, 5.74) is 1.21. The van der Waals surface area contributed by atoms with Crippen LogP contribution in [0.2, 0.25) is 0 Å². The number of nitrogens with one attached hydrogen (secondary N) is 1. The number of rotatable bonds is 8. The topological polar surface area (TPSA) is 116 Å². The van der Waals surface area contributed by atoms with E-state index in [9.17, 15) is 14.7 Å². The lowest BCUT2D eigenvalue weighted by molar-refractivity contribution is 0.0373. The number of carbonyl (C=O) groups excluding carboxylic acids is 1. The van der Waals surface area contributed by atoms with Gasteiger partial charge in [0, 0.05) is 50.4 Å². The highest BCUT2D eigenvalue weighted by Gasteiger charge is 2.37. The van der Waals surface area contributed by atoms with E-state index in [0.29, 0.717) is 30.9 Å². The molecular formula is C25H33N7O3S. The number of likely N-dealkylation sites (tertiary alicyclic amines) is 1. The molecule has 10 nitrogen and oxygen atoms in total. The molecule has 2 aliphatic rings. The number of fused-ring (bicyclic) bond motifs is 1. The second-order valence-corrected chi connectivity index (χ2v) is 11.6. The molecule has 11 heteroatoms. The molecule has 2 amide bonds. The van der Waals surface area contributed by atoms with Gasteiger partial charge in [0.1, 0.15) is 10.5 Å². The minimum Gasteiger partial charge on any atom is -0.465 e. The predicted octanol–water partition coefficient (Wildman–Crippen LogP) is 3.81. The molecule has 36 heavy (non-hydrogen) atoms. The van der Waals surface area contributed by atoms with Crippen molar-refractivity contribution < 1.29 is 14.7 Å². The highest BCUT2D eigenvalue weighted by Crippen LogP contribution is 2.40. The van der Waals surface area contributed by atoms with E-state index in [2.05, 4.69) is 34.2 Å². The van der Waals surface area contributed by atoms with Gasteiger partial charge < -0.3 is 14.9 Å². The number of piperidine rings is 1. The molecule has 0 bridgehead atoms. The first-order valence-corrected chi connectivity index (χ1v) is 13.3. The molecule has 1 aliphatic carbocycles. The van der Waals surface area contributed by atoms with Crippen molar-refractivity contribution in [1.82, 2.24) is 34.7 Å². The normalized spacial score (nSPS) is 20.6. The molecule has 2 N–H and O–H groups in total. The first kappa shape index (κ1) is 24.6. The molecule has 4 heterocycles. The van der Waals surface area contributed by atoms with Gasteiger partial charge in [-0.2, -0.15) is 5.10 Å². The van der Waals surface area contributed by atoms with Crippen LogP contribution in [0.4, 0.5) is 4.79 Å². The molecule has 192 valence electrons. The third-order valence-electron chi connectivity index (χ3n) is 7.29. The molecule has 1 saturated heterocycles. The van der Waals surface area contributed by atoms with Crippen LogP contribution >= 0.6 is 11.3 Å². The summed E-state index contributed by atoms with van der Waals surface area (Å²) in [5.74, 6) is 1.09. The van der Waals surface area contributed by atoms with E-state index in [1.807, 2.05) is 16.5 Å². The van der Waals surface area contributed by atoms with E-state index >= 15 is 0 Å². The fraction of sp³-hybridized carbons (Fsp3) is 0.560. The summed E-state index contributed by atoms with van der Waals surface area (Å²) >= 11 is 1.54. The van der Waals surface area contributed by atoms with Crippen LogP contribution in [0.5, 0.6) is 0 Å². The molecule has 2 fully saturated rings. The van der Waals surface area contributed by atoms with Gasteiger partial charge in [0.25, 0.3) is 5.91 Å². The van der Waals surface area contributed by atoms with E-state index in [1.165, 1.54) is 17.7 Å². The number of amides is 2.